The molecule has 0 spiro atoms. The molecule has 4 heteroatoms. The van der Waals surface area contributed by atoms with Crippen molar-refractivity contribution in [3.8, 4) is 0 Å². The zero-order valence-electron chi connectivity index (χ0n) is 4.88. The summed E-state index contributed by atoms with van der Waals surface area (Å²) in [5.41, 5.74) is 1.87. The number of nitrogens with zero attached hydrogens (tertiary/aromatic N) is 1. The van der Waals surface area contributed by atoms with E-state index in [2.05, 4.69) is 4.98 Å². The molecule has 2 N–H and O–H groups in total. The summed E-state index contributed by atoms with van der Waals surface area (Å²) < 4.78 is 6.62. The second kappa shape index (κ2) is 4.19. The second-order valence-corrected chi connectivity index (χ2v) is 4.49. The van der Waals surface area contributed by atoms with E-state index in [1.807, 2.05) is 11.7 Å². The first-order valence-corrected chi connectivity index (χ1v) is 6.23. The molecular weight excluding hydrogens is 247 g/mol. The third-order valence-corrected chi connectivity index (χ3v) is 2.94. The Kier molecular flexibility index (Phi) is 3.45. The normalized spacial score (nSPS) is 10.3. The first-order chi connectivity index (χ1) is 4.43. The molecule has 0 unspecified atom stereocenters. The van der Waals surface area contributed by atoms with Crippen LogP contribution in [0.15, 0.2) is 11.7 Å². The van der Waals surface area contributed by atoms with Crippen molar-refractivity contribution >= 4 is 11.3 Å². The van der Waals surface area contributed by atoms with Gasteiger partial charge >= 0.3 is 69.2 Å². The van der Waals surface area contributed by atoms with Crippen LogP contribution in [-0.4, -0.2) is 9.41 Å². The summed E-state index contributed by atoms with van der Waals surface area (Å²) in [4.78, 5) is 5.33. The Morgan fingerprint density at radius 2 is 2.67 bits per heavy atom. The van der Waals surface area contributed by atoms with Crippen molar-refractivity contribution in [2.45, 2.75) is 6.42 Å². The number of rotatable bonds is 3. The standard InChI is InChI=1S/C5H8IN2S/c7-6-2-1-5-3-8-4-9-5/h3-4H,1-2,7H2/q-1. The van der Waals surface area contributed by atoms with Crippen molar-refractivity contribution in [2.24, 2.45) is 3.95 Å². The number of hydrogen-bond donors (Lipinski definition) is 1. The Morgan fingerprint density at radius 3 is 3.22 bits per heavy atom. The van der Waals surface area contributed by atoms with Crippen LogP contribution >= 0.6 is 11.3 Å². The third kappa shape index (κ3) is 2.59. The van der Waals surface area contributed by atoms with Crippen LogP contribution < -0.4 is 25.4 Å². The van der Waals surface area contributed by atoms with Gasteiger partial charge in [-0.3, -0.25) is 0 Å². The molecule has 0 bridgehead atoms. The molecule has 1 aromatic heterocycles. The van der Waals surface area contributed by atoms with Gasteiger partial charge in [-0.1, -0.05) is 0 Å². The number of nitrogens with two attached hydrogens (primary N) is 1. The molecule has 0 fully saturated rings. The predicted molar refractivity (Wildman–Crippen MR) is 34.9 cm³/mol. The van der Waals surface area contributed by atoms with Gasteiger partial charge in [-0.25, -0.2) is 0 Å². The monoisotopic (exact) mass is 255 g/mol. The predicted octanol–water partition coefficient (Wildman–Crippen LogP) is -2.35. The topological polar surface area (TPSA) is 38.9 Å². The Hall–Kier alpha value is 0.320. The molecule has 0 atom stereocenters. The van der Waals surface area contributed by atoms with Crippen LogP contribution in [0, 0.1) is 0 Å². The minimum atomic E-state index is -0.0203. The Labute approximate surface area is 69.1 Å². The summed E-state index contributed by atoms with van der Waals surface area (Å²) in [5.74, 6) is 0. The average molecular weight is 255 g/mol. The van der Waals surface area contributed by atoms with E-state index in [9.17, 15) is 0 Å². The fourth-order valence-electron chi connectivity index (χ4n) is 0.513. The summed E-state index contributed by atoms with van der Waals surface area (Å²) in [6.07, 6.45) is 3.05. The van der Waals surface area contributed by atoms with Gasteiger partial charge in [-0.15, -0.1) is 0 Å². The molecule has 9 heavy (non-hydrogen) atoms. The number of alkyl halides is 1. The van der Waals surface area contributed by atoms with Gasteiger partial charge in [0, 0.05) is 0 Å². The number of aromatic nitrogens is 1. The molecule has 1 rings (SSSR count). The van der Waals surface area contributed by atoms with Crippen LogP contribution in [0.4, 0.5) is 0 Å². The van der Waals surface area contributed by atoms with Crippen molar-refractivity contribution in [3.05, 3.63) is 16.6 Å². The molecule has 0 aliphatic heterocycles. The summed E-state index contributed by atoms with van der Waals surface area (Å²) in [7, 11) is 0. The summed E-state index contributed by atoms with van der Waals surface area (Å²) in [6, 6.07) is 0. The molecule has 2 nitrogen and oxygen atoms in total. The van der Waals surface area contributed by atoms with E-state index in [0.717, 1.165) is 6.42 Å². The van der Waals surface area contributed by atoms with Crippen LogP contribution in [-0.2, 0) is 6.42 Å². The number of aryl methyl sites for hydroxylation is 1. The number of hydrogen-bond acceptors (Lipinski definition) is 3. The maximum absolute atomic E-state index is 5.44. The van der Waals surface area contributed by atoms with Crippen LogP contribution in [0.25, 0.3) is 0 Å². The SMILES string of the molecule is N[I-]CCc1cncs1. The van der Waals surface area contributed by atoms with Gasteiger partial charge in [0.05, 0.1) is 0 Å². The fraction of sp³-hybridized carbons (Fsp3) is 0.400. The second-order valence-electron chi connectivity index (χ2n) is 1.56. The van der Waals surface area contributed by atoms with E-state index in [4.69, 9.17) is 3.95 Å². The molecule has 0 aliphatic carbocycles. The molecule has 0 saturated heterocycles. The van der Waals surface area contributed by atoms with Gasteiger partial charge < -0.3 is 0 Å². The van der Waals surface area contributed by atoms with Crippen LogP contribution in [0.1, 0.15) is 4.88 Å². The van der Waals surface area contributed by atoms with Gasteiger partial charge in [0.2, 0.25) is 0 Å². The van der Waals surface area contributed by atoms with Crippen LogP contribution in [0.5, 0.6) is 0 Å². The summed E-state index contributed by atoms with van der Waals surface area (Å²) in [6.45, 7) is 0. The van der Waals surface area contributed by atoms with E-state index in [-0.39, 0.29) is 21.5 Å². The quantitative estimate of drug-likeness (QED) is 0.373. The first-order valence-electron chi connectivity index (χ1n) is 2.58. The molecule has 1 heterocycles. The Morgan fingerprint density at radius 1 is 1.78 bits per heavy atom. The van der Waals surface area contributed by atoms with E-state index in [0.29, 0.717) is 0 Å². The zero-order chi connectivity index (χ0) is 6.53. The molecule has 0 amide bonds. The van der Waals surface area contributed by atoms with Gasteiger partial charge in [-0.2, -0.15) is 0 Å². The van der Waals surface area contributed by atoms with E-state index < -0.39 is 0 Å². The van der Waals surface area contributed by atoms with Crippen LogP contribution in [0.2, 0.25) is 0 Å². The third-order valence-electron chi connectivity index (χ3n) is 0.933. The van der Waals surface area contributed by atoms with Gasteiger partial charge in [0.25, 0.3) is 0 Å². The number of thiazole rings is 1. The van der Waals surface area contributed by atoms with Crippen molar-refractivity contribution in [1.29, 1.82) is 0 Å². The fourth-order valence-corrected chi connectivity index (χ4v) is 2.37. The maximum atomic E-state index is 5.44. The van der Waals surface area contributed by atoms with Gasteiger partial charge in [-0.05, 0) is 0 Å². The first kappa shape index (κ1) is 7.43. The Balaban J connectivity index is 2.30. The van der Waals surface area contributed by atoms with E-state index in [1.165, 1.54) is 9.30 Å². The number of halogens is 1. The molecule has 1 aromatic rings. The van der Waals surface area contributed by atoms with Crippen LogP contribution in [0.3, 0.4) is 0 Å². The summed E-state index contributed by atoms with van der Waals surface area (Å²) in [5, 5.41) is 0. The summed E-state index contributed by atoms with van der Waals surface area (Å²) >= 11 is 1.69. The molecular formula is C5H8IN2S-. The molecule has 0 aromatic carbocycles. The van der Waals surface area contributed by atoms with Gasteiger partial charge in [0.1, 0.15) is 0 Å². The molecule has 52 valence electrons. The minimum absolute atomic E-state index is 0.0203. The van der Waals surface area contributed by atoms with E-state index >= 15 is 0 Å². The van der Waals surface area contributed by atoms with Crippen molar-refractivity contribution in [2.75, 3.05) is 4.43 Å². The molecule has 0 radical (unpaired) electrons. The Bertz CT molecular complexity index is 152. The van der Waals surface area contributed by atoms with Crippen molar-refractivity contribution < 1.29 is 21.5 Å². The van der Waals surface area contributed by atoms with E-state index in [1.54, 1.807) is 11.3 Å². The molecule has 0 saturated carbocycles. The average Bonchev–Trinajstić information content (AvgIpc) is 2.34. The van der Waals surface area contributed by atoms with Crippen molar-refractivity contribution in [3.63, 3.8) is 0 Å². The van der Waals surface area contributed by atoms with Gasteiger partial charge in [0.15, 0.2) is 0 Å². The van der Waals surface area contributed by atoms with Crippen molar-refractivity contribution in [1.82, 2.24) is 4.98 Å². The molecule has 0 aliphatic rings. The zero-order valence-corrected chi connectivity index (χ0v) is 7.85.